The Kier molecular flexibility index (Phi) is 6.79. The highest BCUT2D eigenvalue weighted by Crippen LogP contribution is 2.29. The first kappa shape index (κ1) is 20.2. The molecule has 0 atom stereocenters. The summed E-state index contributed by atoms with van der Waals surface area (Å²) < 4.78 is 0. The van der Waals surface area contributed by atoms with E-state index < -0.39 is 0 Å². The summed E-state index contributed by atoms with van der Waals surface area (Å²) >= 11 is 0. The molecule has 1 N–H and O–H groups in total. The maximum absolute atomic E-state index is 9.30. The van der Waals surface area contributed by atoms with Gasteiger partial charge in [0.15, 0.2) is 0 Å². The summed E-state index contributed by atoms with van der Waals surface area (Å²) in [5, 5.41) is 12.9. The molecule has 0 amide bonds. The van der Waals surface area contributed by atoms with Gasteiger partial charge in [-0.05, 0) is 49.1 Å². The minimum Gasteiger partial charge on any atom is -0.381 e. The van der Waals surface area contributed by atoms with Crippen LogP contribution in [0.15, 0.2) is 84.9 Å². The minimum atomic E-state index is 0.436. The molecule has 1 aliphatic rings. The van der Waals surface area contributed by atoms with E-state index in [1.807, 2.05) is 24.3 Å². The van der Waals surface area contributed by atoms with Crippen LogP contribution >= 0.6 is 0 Å². The molecule has 0 aromatic heterocycles. The van der Waals surface area contributed by atoms with E-state index in [2.05, 4.69) is 76.9 Å². The molecule has 1 heterocycles. The molecule has 1 saturated heterocycles. The lowest BCUT2D eigenvalue weighted by Gasteiger charge is -2.34. The van der Waals surface area contributed by atoms with Gasteiger partial charge in [0.2, 0.25) is 0 Å². The fraction of sp³-hybridized carbons (Fsp3) is 0.296. The third kappa shape index (κ3) is 5.09. The summed E-state index contributed by atoms with van der Waals surface area (Å²) in [6, 6.07) is 32.3. The molecule has 0 saturated carbocycles. The molecule has 0 aliphatic carbocycles. The van der Waals surface area contributed by atoms with Crippen molar-refractivity contribution in [1.82, 2.24) is 4.90 Å². The monoisotopic (exact) mass is 395 g/mol. The minimum absolute atomic E-state index is 0.436. The van der Waals surface area contributed by atoms with Gasteiger partial charge in [-0.2, -0.15) is 5.26 Å². The summed E-state index contributed by atoms with van der Waals surface area (Å²) in [6.07, 6.45) is 3.35. The van der Waals surface area contributed by atoms with E-state index in [-0.39, 0.29) is 0 Å². The highest BCUT2D eigenvalue weighted by molar-refractivity contribution is 5.57. The molecule has 3 aromatic rings. The van der Waals surface area contributed by atoms with Crippen LogP contribution in [0.1, 0.15) is 41.9 Å². The van der Waals surface area contributed by atoms with Crippen molar-refractivity contribution >= 4 is 5.69 Å². The number of rotatable bonds is 7. The van der Waals surface area contributed by atoms with Crippen molar-refractivity contribution in [2.24, 2.45) is 0 Å². The van der Waals surface area contributed by atoms with E-state index in [0.29, 0.717) is 12.0 Å². The van der Waals surface area contributed by atoms with E-state index in [0.717, 1.165) is 50.1 Å². The summed E-state index contributed by atoms with van der Waals surface area (Å²) in [5.74, 6) is 0.436. The quantitative estimate of drug-likeness (QED) is 0.561. The first-order valence-corrected chi connectivity index (χ1v) is 10.9. The van der Waals surface area contributed by atoms with Crippen LogP contribution in [0.3, 0.4) is 0 Å². The molecule has 152 valence electrons. The molecular formula is C27H29N3. The molecule has 30 heavy (non-hydrogen) atoms. The van der Waals surface area contributed by atoms with Crippen LogP contribution in [-0.4, -0.2) is 30.6 Å². The molecule has 3 heteroatoms. The fourth-order valence-corrected chi connectivity index (χ4v) is 4.44. The molecule has 0 bridgehead atoms. The maximum Gasteiger partial charge on any atom is 0.101 e. The molecule has 0 unspecified atom stereocenters. The molecule has 0 radical (unpaired) electrons. The van der Waals surface area contributed by atoms with Crippen LogP contribution < -0.4 is 5.32 Å². The Bertz CT molecular complexity index is 915. The van der Waals surface area contributed by atoms with Crippen LogP contribution in [0, 0.1) is 11.3 Å². The van der Waals surface area contributed by atoms with Crippen molar-refractivity contribution in [2.45, 2.75) is 31.2 Å². The Hall–Kier alpha value is -3.09. The number of nitriles is 1. The van der Waals surface area contributed by atoms with Crippen LogP contribution in [0.4, 0.5) is 5.69 Å². The highest BCUT2D eigenvalue weighted by atomic mass is 15.1. The number of benzene rings is 3. The lowest BCUT2D eigenvalue weighted by molar-refractivity contribution is 0.214. The Morgan fingerprint density at radius 2 is 1.40 bits per heavy atom. The SMILES string of the molecule is N#Cc1ccccc1NC1CCN(CCC(c2ccccc2)c2ccccc2)CC1. The first-order valence-electron chi connectivity index (χ1n) is 10.9. The second-order valence-electron chi connectivity index (χ2n) is 8.08. The van der Waals surface area contributed by atoms with E-state index in [1.54, 1.807) is 0 Å². The number of nitrogens with one attached hydrogen (secondary N) is 1. The number of anilines is 1. The zero-order chi connectivity index (χ0) is 20.6. The second kappa shape index (κ2) is 10.1. The Morgan fingerprint density at radius 3 is 2.00 bits per heavy atom. The van der Waals surface area contributed by atoms with Crippen molar-refractivity contribution < 1.29 is 0 Å². The van der Waals surface area contributed by atoms with Crippen molar-refractivity contribution in [1.29, 1.82) is 5.26 Å². The van der Waals surface area contributed by atoms with Crippen LogP contribution in [0.2, 0.25) is 0 Å². The van der Waals surface area contributed by atoms with Gasteiger partial charge in [0.05, 0.1) is 11.3 Å². The zero-order valence-corrected chi connectivity index (χ0v) is 17.4. The van der Waals surface area contributed by atoms with Gasteiger partial charge in [-0.1, -0.05) is 72.8 Å². The number of para-hydroxylation sites is 1. The van der Waals surface area contributed by atoms with Gasteiger partial charge in [-0.15, -0.1) is 0 Å². The van der Waals surface area contributed by atoms with Gasteiger partial charge >= 0.3 is 0 Å². The molecule has 3 aromatic carbocycles. The topological polar surface area (TPSA) is 39.1 Å². The predicted octanol–water partition coefficient (Wildman–Crippen LogP) is 5.66. The fourth-order valence-electron chi connectivity index (χ4n) is 4.44. The number of nitrogens with zero attached hydrogens (tertiary/aromatic N) is 2. The summed E-state index contributed by atoms with van der Waals surface area (Å²) in [5.41, 5.74) is 4.49. The van der Waals surface area contributed by atoms with Gasteiger partial charge in [0.1, 0.15) is 6.07 Å². The maximum atomic E-state index is 9.30. The van der Waals surface area contributed by atoms with Crippen molar-refractivity contribution in [2.75, 3.05) is 25.0 Å². The molecule has 0 spiro atoms. The molecule has 1 aliphatic heterocycles. The normalized spacial score (nSPS) is 15.1. The summed E-state index contributed by atoms with van der Waals surface area (Å²) in [6.45, 7) is 3.31. The molecule has 1 fully saturated rings. The number of likely N-dealkylation sites (tertiary alicyclic amines) is 1. The number of hydrogen-bond donors (Lipinski definition) is 1. The van der Waals surface area contributed by atoms with Gasteiger partial charge in [-0.25, -0.2) is 0 Å². The smallest absolute Gasteiger partial charge is 0.101 e. The average molecular weight is 396 g/mol. The van der Waals surface area contributed by atoms with E-state index in [1.165, 1.54) is 11.1 Å². The number of piperidine rings is 1. The predicted molar refractivity (Wildman–Crippen MR) is 124 cm³/mol. The van der Waals surface area contributed by atoms with E-state index in [4.69, 9.17) is 0 Å². The highest BCUT2D eigenvalue weighted by Gasteiger charge is 2.21. The number of hydrogen-bond acceptors (Lipinski definition) is 3. The lowest BCUT2D eigenvalue weighted by atomic mass is 9.88. The van der Waals surface area contributed by atoms with Crippen molar-refractivity contribution in [3.63, 3.8) is 0 Å². The zero-order valence-electron chi connectivity index (χ0n) is 17.4. The van der Waals surface area contributed by atoms with Crippen LogP contribution in [0.25, 0.3) is 0 Å². The third-order valence-electron chi connectivity index (χ3n) is 6.13. The molecular weight excluding hydrogens is 366 g/mol. The standard InChI is InChI=1S/C27H29N3/c28-21-24-13-7-8-14-27(24)29-25-15-18-30(19-16-25)20-17-26(22-9-3-1-4-10-22)23-11-5-2-6-12-23/h1-14,25-26,29H,15-20H2. The average Bonchev–Trinajstić information content (AvgIpc) is 2.82. The van der Waals surface area contributed by atoms with Gasteiger partial charge < -0.3 is 10.2 Å². The van der Waals surface area contributed by atoms with Gasteiger partial charge in [0, 0.05) is 25.0 Å². The van der Waals surface area contributed by atoms with Crippen LogP contribution in [0.5, 0.6) is 0 Å². The lowest BCUT2D eigenvalue weighted by Crippen LogP contribution is -2.40. The molecule has 3 nitrogen and oxygen atoms in total. The van der Waals surface area contributed by atoms with Crippen LogP contribution in [-0.2, 0) is 0 Å². The molecule has 4 rings (SSSR count). The van der Waals surface area contributed by atoms with Gasteiger partial charge in [0.25, 0.3) is 0 Å². The first-order chi connectivity index (χ1) is 14.8. The van der Waals surface area contributed by atoms with Crippen molar-refractivity contribution in [3.8, 4) is 6.07 Å². The van der Waals surface area contributed by atoms with E-state index >= 15 is 0 Å². The Morgan fingerprint density at radius 1 is 0.833 bits per heavy atom. The summed E-state index contributed by atoms with van der Waals surface area (Å²) in [7, 11) is 0. The second-order valence-corrected chi connectivity index (χ2v) is 8.08. The Balaban J connectivity index is 1.33. The van der Waals surface area contributed by atoms with Gasteiger partial charge in [-0.3, -0.25) is 0 Å². The summed E-state index contributed by atoms with van der Waals surface area (Å²) in [4.78, 5) is 2.59. The van der Waals surface area contributed by atoms with Crippen molar-refractivity contribution in [3.05, 3.63) is 102 Å². The Labute approximate surface area is 180 Å². The third-order valence-corrected chi connectivity index (χ3v) is 6.13. The largest absolute Gasteiger partial charge is 0.381 e. The van der Waals surface area contributed by atoms with E-state index in [9.17, 15) is 5.26 Å².